The molecule has 0 unspecified atom stereocenters. The molecule has 1 aromatic carbocycles. The van der Waals surface area contributed by atoms with E-state index in [1.165, 1.54) is 24.0 Å². The molecule has 0 fully saturated rings. The van der Waals surface area contributed by atoms with Gasteiger partial charge in [-0.1, -0.05) is 44.5 Å². The molecule has 3 nitrogen and oxygen atoms in total. The summed E-state index contributed by atoms with van der Waals surface area (Å²) in [5, 5.41) is 8.85. The number of unbranched alkanes of at least 4 members (excludes halogenated alkanes) is 1. The molecule has 2 N–H and O–H groups in total. The lowest BCUT2D eigenvalue weighted by atomic mass is 9.94. The van der Waals surface area contributed by atoms with Crippen LogP contribution in [0.25, 0.3) is 11.3 Å². The van der Waals surface area contributed by atoms with Gasteiger partial charge in [0, 0.05) is 12.1 Å². The van der Waals surface area contributed by atoms with E-state index in [9.17, 15) is 0 Å². The Kier molecular flexibility index (Phi) is 5.45. The predicted octanol–water partition coefficient (Wildman–Crippen LogP) is 3.82. The van der Waals surface area contributed by atoms with Crippen LogP contribution in [0.15, 0.2) is 24.3 Å². The maximum atomic E-state index is 5.67. The van der Waals surface area contributed by atoms with Gasteiger partial charge in [0.2, 0.25) is 0 Å². The van der Waals surface area contributed by atoms with E-state index < -0.39 is 0 Å². The van der Waals surface area contributed by atoms with Gasteiger partial charge >= 0.3 is 0 Å². The Bertz CT molecular complexity index is 588. The molecule has 0 aliphatic rings. The van der Waals surface area contributed by atoms with Gasteiger partial charge in [0.25, 0.3) is 0 Å². The molecule has 0 aliphatic carbocycles. The van der Waals surface area contributed by atoms with Crippen LogP contribution in [-0.2, 0) is 19.4 Å². The zero-order valence-electron chi connectivity index (χ0n) is 13.3. The maximum absolute atomic E-state index is 5.67. The molecule has 112 valence electrons. The zero-order valence-corrected chi connectivity index (χ0v) is 13.3. The number of nitrogens with zero attached hydrogens (tertiary/aromatic N) is 2. The van der Waals surface area contributed by atoms with E-state index in [0.717, 1.165) is 35.4 Å². The quantitative estimate of drug-likeness (QED) is 0.877. The van der Waals surface area contributed by atoms with Crippen LogP contribution in [0.3, 0.4) is 0 Å². The van der Waals surface area contributed by atoms with Crippen LogP contribution in [0.2, 0.25) is 0 Å². The monoisotopic (exact) mass is 283 g/mol. The number of aryl methyl sites for hydroxylation is 1. The average molecular weight is 283 g/mol. The molecule has 0 amide bonds. The van der Waals surface area contributed by atoms with Crippen molar-refractivity contribution in [3.8, 4) is 11.3 Å². The number of hydrogen-bond donors (Lipinski definition) is 1. The van der Waals surface area contributed by atoms with Crippen LogP contribution in [0.4, 0.5) is 0 Å². The second-order valence-corrected chi connectivity index (χ2v) is 5.45. The summed E-state index contributed by atoms with van der Waals surface area (Å²) in [6, 6.07) is 8.37. The third-order valence-electron chi connectivity index (χ3n) is 3.98. The van der Waals surface area contributed by atoms with Gasteiger partial charge in [0.15, 0.2) is 0 Å². The molecule has 2 rings (SSSR count). The zero-order chi connectivity index (χ0) is 15.2. The summed E-state index contributed by atoms with van der Waals surface area (Å²) < 4.78 is 0. The molecule has 1 heterocycles. The van der Waals surface area contributed by atoms with Crippen molar-refractivity contribution in [2.45, 2.75) is 53.0 Å². The van der Waals surface area contributed by atoms with E-state index in [-0.39, 0.29) is 0 Å². The maximum Gasteiger partial charge on any atom is 0.0964 e. The summed E-state index contributed by atoms with van der Waals surface area (Å²) in [7, 11) is 0. The molecule has 0 aliphatic heterocycles. The fraction of sp³-hybridized carbons (Fsp3) is 0.444. The smallest absolute Gasteiger partial charge is 0.0964 e. The molecule has 0 atom stereocenters. The summed E-state index contributed by atoms with van der Waals surface area (Å²) in [5.74, 6) is 0. The van der Waals surface area contributed by atoms with Crippen molar-refractivity contribution in [2.24, 2.45) is 5.73 Å². The lowest BCUT2D eigenvalue weighted by Gasteiger charge is -2.14. The lowest BCUT2D eigenvalue weighted by molar-refractivity contribution is 0.773. The van der Waals surface area contributed by atoms with Crippen LogP contribution in [0.1, 0.15) is 49.1 Å². The number of nitrogens with two attached hydrogens (primary N) is 1. The molecular weight excluding hydrogens is 258 g/mol. The van der Waals surface area contributed by atoms with Crippen LogP contribution in [0.5, 0.6) is 0 Å². The van der Waals surface area contributed by atoms with E-state index in [1.54, 1.807) is 0 Å². The molecule has 21 heavy (non-hydrogen) atoms. The molecule has 3 heteroatoms. The van der Waals surface area contributed by atoms with Crippen molar-refractivity contribution in [2.75, 3.05) is 0 Å². The van der Waals surface area contributed by atoms with Gasteiger partial charge in [-0.3, -0.25) is 0 Å². The van der Waals surface area contributed by atoms with Crippen molar-refractivity contribution in [1.82, 2.24) is 10.2 Å². The van der Waals surface area contributed by atoms with Gasteiger partial charge in [0.05, 0.1) is 11.4 Å². The van der Waals surface area contributed by atoms with Crippen LogP contribution >= 0.6 is 0 Å². The topological polar surface area (TPSA) is 51.8 Å². The third kappa shape index (κ3) is 3.48. The van der Waals surface area contributed by atoms with E-state index in [0.29, 0.717) is 6.54 Å². The summed E-state index contributed by atoms with van der Waals surface area (Å²) in [4.78, 5) is 0. The Hall–Kier alpha value is -1.74. The molecule has 0 bridgehead atoms. The van der Waals surface area contributed by atoms with E-state index in [2.05, 4.69) is 55.2 Å². The molecular formula is C18H25N3. The van der Waals surface area contributed by atoms with Crippen molar-refractivity contribution in [1.29, 1.82) is 0 Å². The van der Waals surface area contributed by atoms with Gasteiger partial charge in [-0.2, -0.15) is 5.10 Å². The Morgan fingerprint density at radius 3 is 2.29 bits per heavy atom. The SMILES string of the molecule is CCCCc1c(-c2ccc(CN)cc2)nnc(C)c1CC. The average Bonchev–Trinajstić information content (AvgIpc) is 2.53. The molecule has 0 saturated carbocycles. The number of aromatic nitrogens is 2. The first-order chi connectivity index (χ1) is 10.2. The summed E-state index contributed by atoms with van der Waals surface area (Å²) in [6.07, 6.45) is 4.46. The Morgan fingerprint density at radius 2 is 1.71 bits per heavy atom. The number of rotatable bonds is 6. The Labute approximate surface area is 127 Å². The van der Waals surface area contributed by atoms with Gasteiger partial charge in [-0.15, -0.1) is 5.10 Å². The van der Waals surface area contributed by atoms with Gasteiger partial charge in [-0.05, 0) is 42.9 Å². The highest BCUT2D eigenvalue weighted by Gasteiger charge is 2.14. The fourth-order valence-electron chi connectivity index (χ4n) is 2.73. The normalized spacial score (nSPS) is 10.9. The Balaban J connectivity index is 2.49. The third-order valence-corrected chi connectivity index (χ3v) is 3.98. The van der Waals surface area contributed by atoms with Gasteiger partial charge in [0.1, 0.15) is 0 Å². The number of hydrogen-bond acceptors (Lipinski definition) is 3. The molecule has 0 spiro atoms. The second kappa shape index (κ2) is 7.32. The first kappa shape index (κ1) is 15.6. The van der Waals surface area contributed by atoms with Crippen molar-refractivity contribution in [3.05, 3.63) is 46.6 Å². The highest BCUT2D eigenvalue weighted by atomic mass is 15.1. The van der Waals surface area contributed by atoms with Gasteiger partial charge < -0.3 is 5.73 Å². The first-order valence-corrected chi connectivity index (χ1v) is 7.85. The standard InChI is InChI=1S/C18H25N3/c1-4-6-7-17-16(5-2)13(3)20-21-18(17)15-10-8-14(12-19)9-11-15/h8-11H,4-7,12,19H2,1-3H3. The molecule has 0 saturated heterocycles. The van der Waals surface area contributed by atoms with Crippen LogP contribution < -0.4 is 5.73 Å². The minimum absolute atomic E-state index is 0.572. The highest BCUT2D eigenvalue weighted by Crippen LogP contribution is 2.27. The van der Waals surface area contributed by atoms with Crippen LogP contribution in [0, 0.1) is 6.92 Å². The minimum atomic E-state index is 0.572. The van der Waals surface area contributed by atoms with E-state index in [1.807, 2.05) is 0 Å². The highest BCUT2D eigenvalue weighted by molar-refractivity contribution is 5.64. The largest absolute Gasteiger partial charge is 0.326 e. The van der Waals surface area contributed by atoms with Crippen molar-refractivity contribution < 1.29 is 0 Å². The molecule has 1 aromatic heterocycles. The molecule has 2 aromatic rings. The first-order valence-electron chi connectivity index (χ1n) is 7.85. The number of benzene rings is 1. The Morgan fingerprint density at radius 1 is 1.00 bits per heavy atom. The predicted molar refractivity (Wildman–Crippen MR) is 88.1 cm³/mol. The van der Waals surface area contributed by atoms with E-state index in [4.69, 9.17) is 5.73 Å². The summed E-state index contributed by atoms with van der Waals surface area (Å²) in [5.41, 5.74) is 12.8. The van der Waals surface area contributed by atoms with Crippen molar-refractivity contribution in [3.63, 3.8) is 0 Å². The fourth-order valence-corrected chi connectivity index (χ4v) is 2.73. The van der Waals surface area contributed by atoms with E-state index >= 15 is 0 Å². The van der Waals surface area contributed by atoms with Gasteiger partial charge in [-0.25, -0.2) is 0 Å². The van der Waals surface area contributed by atoms with Crippen molar-refractivity contribution >= 4 is 0 Å². The minimum Gasteiger partial charge on any atom is -0.326 e. The second-order valence-electron chi connectivity index (χ2n) is 5.45. The van der Waals surface area contributed by atoms with Crippen LogP contribution in [-0.4, -0.2) is 10.2 Å². The summed E-state index contributed by atoms with van der Waals surface area (Å²) in [6.45, 7) is 7.05. The lowest BCUT2D eigenvalue weighted by Crippen LogP contribution is -2.05. The summed E-state index contributed by atoms with van der Waals surface area (Å²) >= 11 is 0. The molecule has 0 radical (unpaired) electrons.